The summed E-state index contributed by atoms with van der Waals surface area (Å²) in [5, 5.41) is 14.0. The van der Waals surface area contributed by atoms with Gasteiger partial charge in [0.2, 0.25) is 0 Å². The summed E-state index contributed by atoms with van der Waals surface area (Å²) < 4.78 is 0. The van der Waals surface area contributed by atoms with Crippen LogP contribution in [0, 0.1) is 6.92 Å². The monoisotopic (exact) mass is 322 g/mol. The third kappa shape index (κ3) is 3.97. The molecule has 4 nitrogen and oxygen atoms in total. The van der Waals surface area contributed by atoms with E-state index < -0.39 is 0 Å². The van der Waals surface area contributed by atoms with Crippen molar-refractivity contribution >= 4 is 35.3 Å². The van der Waals surface area contributed by atoms with E-state index in [1.54, 1.807) is 12.1 Å². The molecule has 2 N–H and O–H groups in total. The number of phenols is 1. The molecule has 0 aromatic heterocycles. The highest BCUT2D eigenvalue weighted by molar-refractivity contribution is 6.36. The van der Waals surface area contributed by atoms with E-state index in [1.165, 1.54) is 18.3 Å². The van der Waals surface area contributed by atoms with Crippen molar-refractivity contribution in [2.45, 2.75) is 6.92 Å². The number of aryl methyl sites for hydroxylation is 1. The molecule has 2 aromatic rings. The van der Waals surface area contributed by atoms with Crippen LogP contribution >= 0.6 is 23.2 Å². The topological polar surface area (TPSA) is 61.7 Å². The van der Waals surface area contributed by atoms with Gasteiger partial charge < -0.3 is 5.11 Å². The lowest BCUT2D eigenvalue weighted by molar-refractivity contribution is 0.0955. The highest BCUT2D eigenvalue weighted by Gasteiger charge is 2.07. The Morgan fingerprint density at radius 1 is 1.24 bits per heavy atom. The van der Waals surface area contributed by atoms with Gasteiger partial charge in [0.25, 0.3) is 5.91 Å². The summed E-state index contributed by atoms with van der Waals surface area (Å²) in [5.74, 6) is -0.492. The van der Waals surface area contributed by atoms with E-state index in [4.69, 9.17) is 23.2 Å². The number of hydrazone groups is 1. The van der Waals surface area contributed by atoms with Crippen LogP contribution in [0.4, 0.5) is 0 Å². The Kier molecular flexibility index (Phi) is 4.83. The van der Waals surface area contributed by atoms with Gasteiger partial charge in [-0.1, -0.05) is 40.9 Å². The Hall–Kier alpha value is -2.04. The molecule has 0 spiro atoms. The largest absolute Gasteiger partial charge is 0.506 e. The molecular weight excluding hydrogens is 311 g/mol. The van der Waals surface area contributed by atoms with E-state index in [9.17, 15) is 9.90 Å². The Balaban J connectivity index is 2.09. The van der Waals surface area contributed by atoms with Crippen molar-refractivity contribution in [2.75, 3.05) is 0 Å². The minimum atomic E-state index is -0.348. The van der Waals surface area contributed by atoms with Gasteiger partial charge in [-0.25, -0.2) is 5.43 Å². The van der Waals surface area contributed by atoms with Crippen LogP contribution in [0.5, 0.6) is 5.75 Å². The second-order valence-electron chi connectivity index (χ2n) is 4.39. The fourth-order valence-electron chi connectivity index (χ4n) is 1.61. The summed E-state index contributed by atoms with van der Waals surface area (Å²) in [4.78, 5) is 11.8. The number of rotatable bonds is 3. The summed E-state index contributed by atoms with van der Waals surface area (Å²) in [7, 11) is 0. The van der Waals surface area contributed by atoms with E-state index in [0.717, 1.165) is 5.56 Å². The zero-order valence-electron chi connectivity index (χ0n) is 11.1. The van der Waals surface area contributed by atoms with Crippen LogP contribution in [-0.2, 0) is 0 Å². The molecule has 0 radical (unpaired) electrons. The Bertz CT molecular complexity index is 698. The van der Waals surface area contributed by atoms with E-state index in [0.29, 0.717) is 16.1 Å². The van der Waals surface area contributed by atoms with Crippen molar-refractivity contribution in [1.29, 1.82) is 0 Å². The summed E-state index contributed by atoms with van der Waals surface area (Å²) in [6, 6.07) is 9.98. The number of halogens is 2. The number of benzene rings is 2. The first kappa shape index (κ1) is 15.4. The normalized spacial score (nSPS) is 10.8. The summed E-state index contributed by atoms with van der Waals surface area (Å²) in [6.07, 6.45) is 1.28. The van der Waals surface area contributed by atoms with Crippen molar-refractivity contribution < 1.29 is 9.90 Å². The van der Waals surface area contributed by atoms with Crippen LogP contribution in [0.3, 0.4) is 0 Å². The lowest BCUT2D eigenvalue weighted by Gasteiger charge is -2.03. The molecule has 0 saturated carbocycles. The zero-order chi connectivity index (χ0) is 15.4. The molecule has 2 aromatic carbocycles. The quantitative estimate of drug-likeness (QED) is 0.667. The molecule has 0 saturated heterocycles. The van der Waals surface area contributed by atoms with Crippen molar-refractivity contribution in [3.8, 4) is 5.75 Å². The van der Waals surface area contributed by atoms with Crippen molar-refractivity contribution in [3.05, 3.63) is 63.1 Å². The smallest absolute Gasteiger partial charge is 0.271 e. The molecule has 6 heteroatoms. The molecule has 0 heterocycles. The lowest BCUT2D eigenvalue weighted by atomic mass is 10.1. The summed E-state index contributed by atoms with van der Waals surface area (Å²) in [6.45, 7) is 1.94. The predicted octanol–water partition coefficient (Wildman–Crippen LogP) is 3.77. The maximum absolute atomic E-state index is 11.8. The van der Waals surface area contributed by atoms with Gasteiger partial charge in [-0.05, 0) is 31.2 Å². The van der Waals surface area contributed by atoms with Crippen LogP contribution in [0.1, 0.15) is 21.5 Å². The van der Waals surface area contributed by atoms with Crippen LogP contribution in [0.2, 0.25) is 10.0 Å². The van der Waals surface area contributed by atoms with E-state index in [-0.39, 0.29) is 16.7 Å². The maximum Gasteiger partial charge on any atom is 0.271 e. The molecule has 21 heavy (non-hydrogen) atoms. The average Bonchev–Trinajstić information content (AvgIpc) is 2.44. The van der Waals surface area contributed by atoms with E-state index >= 15 is 0 Å². The standard InChI is InChI=1S/C15H12Cl2N2O2/c1-9-2-4-10(5-3-9)15(21)19-18-8-11-6-12(16)7-13(17)14(11)20/h2-8,20H,1H3,(H,19,21)/b18-8-. The van der Waals surface area contributed by atoms with Crippen molar-refractivity contribution in [1.82, 2.24) is 5.43 Å². The number of hydrogen-bond acceptors (Lipinski definition) is 3. The number of amides is 1. The van der Waals surface area contributed by atoms with Gasteiger partial charge in [-0.3, -0.25) is 4.79 Å². The number of phenolic OH excluding ortho intramolecular Hbond substituents is 1. The molecule has 108 valence electrons. The highest BCUT2D eigenvalue weighted by Crippen LogP contribution is 2.29. The van der Waals surface area contributed by atoms with E-state index in [1.807, 2.05) is 19.1 Å². The molecule has 0 atom stereocenters. The fourth-order valence-corrected chi connectivity index (χ4v) is 2.12. The SMILES string of the molecule is Cc1ccc(C(=O)N/N=C\c2cc(Cl)cc(Cl)c2O)cc1. The van der Waals surface area contributed by atoms with Crippen LogP contribution < -0.4 is 5.43 Å². The number of carbonyl (C=O) groups is 1. The third-order valence-corrected chi connectivity index (χ3v) is 3.25. The number of aromatic hydroxyl groups is 1. The summed E-state index contributed by atoms with van der Waals surface area (Å²) >= 11 is 11.6. The van der Waals surface area contributed by atoms with Crippen LogP contribution in [-0.4, -0.2) is 17.2 Å². The second-order valence-corrected chi connectivity index (χ2v) is 5.23. The first-order chi connectivity index (χ1) is 9.97. The first-order valence-corrected chi connectivity index (χ1v) is 6.81. The number of carbonyl (C=O) groups excluding carboxylic acids is 1. The maximum atomic E-state index is 11.8. The van der Waals surface area contributed by atoms with E-state index in [2.05, 4.69) is 10.5 Å². The Morgan fingerprint density at radius 2 is 1.90 bits per heavy atom. The Labute approximate surface area is 132 Å². The molecule has 0 aliphatic heterocycles. The first-order valence-electron chi connectivity index (χ1n) is 6.05. The second kappa shape index (κ2) is 6.61. The molecular formula is C15H12Cl2N2O2. The molecule has 2 rings (SSSR count). The fraction of sp³-hybridized carbons (Fsp3) is 0.0667. The van der Waals surface area contributed by atoms with Gasteiger partial charge in [-0.2, -0.15) is 5.10 Å². The molecule has 1 amide bonds. The van der Waals surface area contributed by atoms with Gasteiger partial charge in [0, 0.05) is 16.1 Å². The number of nitrogens with one attached hydrogen (secondary N) is 1. The third-order valence-electron chi connectivity index (χ3n) is 2.74. The van der Waals surface area contributed by atoms with Crippen LogP contribution in [0.25, 0.3) is 0 Å². The molecule has 0 aliphatic carbocycles. The van der Waals surface area contributed by atoms with Crippen LogP contribution in [0.15, 0.2) is 41.5 Å². The number of nitrogens with zero attached hydrogens (tertiary/aromatic N) is 1. The van der Waals surface area contributed by atoms with Crippen molar-refractivity contribution in [2.24, 2.45) is 5.10 Å². The summed E-state index contributed by atoms with van der Waals surface area (Å²) in [5.41, 5.74) is 4.24. The Morgan fingerprint density at radius 3 is 2.57 bits per heavy atom. The number of hydrogen-bond donors (Lipinski definition) is 2. The molecule has 0 bridgehead atoms. The molecule has 0 fully saturated rings. The van der Waals surface area contributed by atoms with Gasteiger partial charge in [-0.15, -0.1) is 0 Å². The molecule has 0 unspecified atom stereocenters. The van der Waals surface area contributed by atoms with Gasteiger partial charge in [0.1, 0.15) is 5.75 Å². The van der Waals surface area contributed by atoms with Gasteiger partial charge in [0.15, 0.2) is 0 Å². The average molecular weight is 323 g/mol. The highest BCUT2D eigenvalue weighted by atomic mass is 35.5. The minimum Gasteiger partial charge on any atom is -0.506 e. The lowest BCUT2D eigenvalue weighted by Crippen LogP contribution is -2.17. The molecule has 0 aliphatic rings. The predicted molar refractivity (Wildman–Crippen MR) is 84.4 cm³/mol. The van der Waals surface area contributed by atoms with Gasteiger partial charge in [0.05, 0.1) is 11.2 Å². The zero-order valence-corrected chi connectivity index (χ0v) is 12.6. The van der Waals surface area contributed by atoms with Gasteiger partial charge >= 0.3 is 0 Å². The minimum absolute atomic E-state index is 0.119. The van der Waals surface area contributed by atoms with Crippen molar-refractivity contribution in [3.63, 3.8) is 0 Å².